The van der Waals surface area contributed by atoms with E-state index in [9.17, 15) is 9.59 Å². The highest BCUT2D eigenvalue weighted by Crippen LogP contribution is 2.30. The molecule has 1 fully saturated rings. The zero-order chi connectivity index (χ0) is 26.9. The summed E-state index contributed by atoms with van der Waals surface area (Å²) in [6.45, 7) is 4.06. The summed E-state index contributed by atoms with van der Waals surface area (Å²) in [6.07, 6.45) is 6.57. The summed E-state index contributed by atoms with van der Waals surface area (Å²) in [5.41, 5.74) is 4.01. The van der Waals surface area contributed by atoms with Crippen LogP contribution in [0.3, 0.4) is 0 Å². The summed E-state index contributed by atoms with van der Waals surface area (Å²) in [6, 6.07) is 16.2. The Hall–Kier alpha value is -3.75. The van der Waals surface area contributed by atoms with Gasteiger partial charge in [-0.15, -0.1) is 10.2 Å². The molecule has 0 atom stereocenters. The molecule has 1 N–H and O–H groups in total. The van der Waals surface area contributed by atoms with Gasteiger partial charge in [-0.2, -0.15) is 5.21 Å². The van der Waals surface area contributed by atoms with Crippen molar-refractivity contribution >= 4 is 11.9 Å². The van der Waals surface area contributed by atoms with Crippen molar-refractivity contribution in [2.75, 3.05) is 33.7 Å². The van der Waals surface area contributed by atoms with Gasteiger partial charge in [-0.1, -0.05) is 74.7 Å². The van der Waals surface area contributed by atoms with Crippen LogP contribution in [0.1, 0.15) is 51.0 Å². The molecule has 1 aliphatic carbocycles. The van der Waals surface area contributed by atoms with Crippen LogP contribution in [0.4, 0.5) is 4.79 Å². The van der Waals surface area contributed by atoms with Gasteiger partial charge in [0.1, 0.15) is 6.54 Å². The monoisotopic (exact) mass is 517 g/mol. The molecule has 1 heterocycles. The summed E-state index contributed by atoms with van der Waals surface area (Å²) >= 11 is 0. The molecule has 3 aromatic rings. The molecule has 202 valence electrons. The molecule has 0 spiro atoms. The van der Waals surface area contributed by atoms with Gasteiger partial charge in [-0.25, -0.2) is 4.79 Å². The van der Waals surface area contributed by atoms with Crippen LogP contribution in [0.2, 0.25) is 0 Å². The Morgan fingerprint density at radius 1 is 0.974 bits per heavy atom. The number of hydrogen-bond acceptors (Lipinski definition) is 5. The van der Waals surface area contributed by atoms with Crippen LogP contribution in [-0.4, -0.2) is 81.0 Å². The van der Waals surface area contributed by atoms with E-state index in [0.29, 0.717) is 31.4 Å². The number of nitrogens with one attached hydrogen (secondary N) is 1. The van der Waals surface area contributed by atoms with Crippen LogP contribution >= 0.6 is 0 Å². The van der Waals surface area contributed by atoms with Crippen molar-refractivity contribution in [3.05, 3.63) is 54.1 Å². The molecule has 0 bridgehead atoms. The minimum atomic E-state index is -0.0490. The third kappa shape index (κ3) is 6.96. The number of carbonyl (C=O) groups excluding carboxylic acids is 2. The van der Waals surface area contributed by atoms with Crippen molar-refractivity contribution in [1.82, 2.24) is 35.3 Å². The fraction of sp³-hybridized carbons (Fsp3) is 0.483. The molecule has 38 heavy (non-hydrogen) atoms. The van der Waals surface area contributed by atoms with Crippen LogP contribution in [0, 0.1) is 5.92 Å². The minimum Gasteiger partial charge on any atom is -0.347 e. The van der Waals surface area contributed by atoms with Gasteiger partial charge in [0.15, 0.2) is 0 Å². The number of aromatic amines is 1. The maximum absolute atomic E-state index is 13.8. The Balaban J connectivity index is 1.52. The molecule has 1 aliphatic rings. The van der Waals surface area contributed by atoms with E-state index >= 15 is 0 Å². The number of unbranched alkanes of at least 4 members (excludes halogenated alkanes) is 1. The van der Waals surface area contributed by atoms with Crippen molar-refractivity contribution in [3.63, 3.8) is 0 Å². The first-order valence-corrected chi connectivity index (χ1v) is 13.6. The average Bonchev–Trinajstić information content (AvgIpc) is 3.65. The average molecular weight is 518 g/mol. The van der Waals surface area contributed by atoms with E-state index in [2.05, 4.69) is 51.8 Å². The van der Waals surface area contributed by atoms with Crippen molar-refractivity contribution in [3.8, 4) is 22.5 Å². The van der Waals surface area contributed by atoms with Gasteiger partial charge in [0.2, 0.25) is 11.7 Å². The molecule has 4 rings (SSSR count). The number of likely N-dealkylation sites (N-methyl/N-ethyl adjacent to an activating group) is 1. The fourth-order valence-electron chi connectivity index (χ4n) is 5.03. The van der Waals surface area contributed by atoms with E-state index in [-0.39, 0.29) is 18.5 Å². The second kappa shape index (κ2) is 13.2. The van der Waals surface area contributed by atoms with Gasteiger partial charge in [0.25, 0.3) is 0 Å². The number of aromatic nitrogens is 4. The highest BCUT2D eigenvalue weighted by atomic mass is 16.2. The van der Waals surface area contributed by atoms with E-state index in [1.165, 1.54) is 12.8 Å². The van der Waals surface area contributed by atoms with Crippen molar-refractivity contribution in [1.29, 1.82) is 0 Å². The van der Waals surface area contributed by atoms with E-state index in [0.717, 1.165) is 47.9 Å². The molecule has 2 aromatic carbocycles. The number of benzene rings is 2. The number of H-pyrrole nitrogens is 1. The summed E-state index contributed by atoms with van der Waals surface area (Å²) in [5, 5.41) is 14.5. The van der Waals surface area contributed by atoms with Crippen molar-refractivity contribution in [2.24, 2.45) is 5.92 Å². The highest BCUT2D eigenvalue weighted by Gasteiger charge is 2.27. The maximum Gasteiger partial charge on any atom is 0.320 e. The first kappa shape index (κ1) is 27.3. The Morgan fingerprint density at radius 2 is 1.68 bits per heavy atom. The lowest BCUT2D eigenvalue weighted by atomic mass is 9.98. The molecule has 0 radical (unpaired) electrons. The summed E-state index contributed by atoms with van der Waals surface area (Å²) in [7, 11) is 3.49. The Morgan fingerprint density at radius 3 is 2.32 bits per heavy atom. The molecule has 1 aromatic heterocycles. The van der Waals surface area contributed by atoms with Gasteiger partial charge in [0, 0.05) is 39.3 Å². The maximum atomic E-state index is 13.8. The van der Waals surface area contributed by atoms with Crippen molar-refractivity contribution in [2.45, 2.75) is 52.0 Å². The standard InChI is InChI=1S/C29H39N7O2/c1-4-5-18-35(29(38)36(21-27(37)34(2)3)20-22-10-6-7-11-22)19-23-14-16-24(17-15-23)25-12-8-9-13-26(25)28-30-32-33-31-28/h8-9,12-17,22H,4-7,10-11,18-21H2,1-3H3,(H,30,31,32,33). The second-order valence-corrected chi connectivity index (χ2v) is 10.4. The molecule has 3 amide bonds. The number of urea groups is 1. The SMILES string of the molecule is CCCCN(Cc1ccc(-c2ccccc2-c2nn[nH]n2)cc1)C(=O)N(CC(=O)N(C)C)CC1CCCC1. The zero-order valence-corrected chi connectivity index (χ0v) is 22.8. The largest absolute Gasteiger partial charge is 0.347 e. The van der Waals surface area contributed by atoms with Crippen LogP contribution in [0.25, 0.3) is 22.5 Å². The molecular weight excluding hydrogens is 478 g/mol. The molecular formula is C29H39N7O2. The molecule has 9 nitrogen and oxygen atoms in total. The molecule has 0 aliphatic heterocycles. The number of carbonyl (C=O) groups is 2. The topological polar surface area (TPSA) is 98.3 Å². The molecule has 0 saturated heterocycles. The molecule has 9 heteroatoms. The zero-order valence-electron chi connectivity index (χ0n) is 22.8. The summed E-state index contributed by atoms with van der Waals surface area (Å²) in [5.74, 6) is 0.979. The smallest absolute Gasteiger partial charge is 0.320 e. The normalized spacial score (nSPS) is 13.4. The molecule has 0 unspecified atom stereocenters. The summed E-state index contributed by atoms with van der Waals surface area (Å²) < 4.78 is 0. The predicted octanol–water partition coefficient (Wildman–Crippen LogP) is 4.84. The first-order valence-electron chi connectivity index (χ1n) is 13.6. The van der Waals surface area contributed by atoms with Gasteiger partial charge in [-0.3, -0.25) is 4.79 Å². The number of hydrogen-bond donors (Lipinski definition) is 1. The number of tetrazole rings is 1. The van der Waals surface area contributed by atoms with Gasteiger partial charge in [-0.05, 0) is 47.1 Å². The lowest BCUT2D eigenvalue weighted by Crippen LogP contribution is -2.48. The third-order valence-electron chi connectivity index (χ3n) is 7.25. The van der Waals surface area contributed by atoms with Crippen LogP contribution in [-0.2, 0) is 11.3 Å². The van der Waals surface area contributed by atoms with Gasteiger partial charge < -0.3 is 14.7 Å². The highest BCUT2D eigenvalue weighted by molar-refractivity contribution is 5.84. The number of nitrogens with zero attached hydrogens (tertiary/aromatic N) is 6. The minimum absolute atomic E-state index is 0.0450. The van der Waals surface area contributed by atoms with Crippen LogP contribution < -0.4 is 0 Å². The van der Waals surface area contributed by atoms with Crippen LogP contribution in [0.5, 0.6) is 0 Å². The van der Waals surface area contributed by atoms with E-state index in [1.54, 1.807) is 23.9 Å². The van der Waals surface area contributed by atoms with E-state index < -0.39 is 0 Å². The van der Waals surface area contributed by atoms with E-state index in [1.807, 2.05) is 29.2 Å². The predicted molar refractivity (Wildman–Crippen MR) is 148 cm³/mol. The fourth-order valence-corrected chi connectivity index (χ4v) is 5.03. The Bertz CT molecular complexity index is 1170. The van der Waals surface area contributed by atoms with Gasteiger partial charge in [0.05, 0.1) is 0 Å². The van der Waals surface area contributed by atoms with Gasteiger partial charge >= 0.3 is 6.03 Å². The Kier molecular flexibility index (Phi) is 9.46. The second-order valence-electron chi connectivity index (χ2n) is 10.4. The van der Waals surface area contributed by atoms with Crippen molar-refractivity contribution < 1.29 is 9.59 Å². The number of rotatable bonds is 11. The Labute approximate surface area is 225 Å². The lowest BCUT2D eigenvalue weighted by Gasteiger charge is -2.33. The third-order valence-corrected chi connectivity index (χ3v) is 7.25. The quantitative estimate of drug-likeness (QED) is 0.393. The summed E-state index contributed by atoms with van der Waals surface area (Å²) in [4.78, 5) is 31.7. The van der Waals surface area contributed by atoms with Crippen LogP contribution in [0.15, 0.2) is 48.5 Å². The first-order chi connectivity index (χ1) is 18.5. The molecule has 1 saturated carbocycles. The van der Waals surface area contributed by atoms with E-state index in [4.69, 9.17) is 0 Å². The lowest BCUT2D eigenvalue weighted by molar-refractivity contribution is -0.129. The number of amides is 3.